The quantitative estimate of drug-likeness (QED) is 0.682. The van der Waals surface area contributed by atoms with Crippen LogP contribution in [-0.4, -0.2) is 11.0 Å². The summed E-state index contributed by atoms with van der Waals surface area (Å²) < 4.78 is 0. The number of phenolic OH excluding ortho intramolecular Hbond substituents is 1. The van der Waals surface area contributed by atoms with E-state index in [4.69, 9.17) is 0 Å². The summed E-state index contributed by atoms with van der Waals surface area (Å²) in [6, 6.07) is 9.03. The van der Waals surface area contributed by atoms with Crippen molar-refractivity contribution in [3.05, 3.63) is 35.9 Å². The van der Waals surface area contributed by atoms with Crippen LogP contribution in [0.15, 0.2) is 30.3 Å². The molecular formula is C12H9NO2. The molecule has 3 heteroatoms. The normalized spacial score (nSPS) is 14.0. The van der Waals surface area contributed by atoms with E-state index in [1.54, 1.807) is 12.1 Å². The van der Waals surface area contributed by atoms with Gasteiger partial charge in [0.1, 0.15) is 5.75 Å². The van der Waals surface area contributed by atoms with E-state index in [0.717, 1.165) is 22.0 Å². The molecule has 0 aliphatic carbocycles. The molecule has 74 valence electrons. The Morgan fingerprint density at radius 3 is 2.87 bits per heavy atom. The molecule has 0 bridgehead atoms. The second-order valence-corrected chi connectivity index (χ2v) is 3.69. The molecule has 3 rings (SSSR count). The van der Waals surface area contributed by atoms with Crippen LogP contribution in [-0.2, 0) is 11.2 Å². The fourth-order valence-electron chi connectivity index (χ4n) is 2.07. The molecule has 0 saturated heterocycles. The van der Waals surface area contributed by atoms with Gasteiger partial charge in [0.25, 0.3) is 0 Å². The number of amides is 1. The maximum absolute atomic E-state index is 11.3. The molecule has 0 aromatic heterocycles. The number of hydrogen-bond donors (Lipinski definition) is 2. The SMILES string of the molecule is O=C1Cc2c(ccc3c(O)cccc23)N1. The Morgan fingerprint density at radius 2 is 2.00 bits per heavy atom. The van der Waals surface area contributed by atoms with Gasteiger partial charge in [-0.3, -0.25) is 4.79 Å². The first-order valence-corrected chi connectivity index (χ1v) is 4.79. The number of carbonyl (C=O) groups excluding carboxylic acids is 1. The van der Waals surface area contributed by atoms with E-state index in [2.05, 4.69) is 5.32 Å². The van der Waals surface area contributed by atoms with Gasteiger partial charge in [-0.25, -0.2) is 0 Å². The van der Waals surface area contributed by atoms with Crippen molar-refractivity contribution >= 4 is 22.4 Å². The average molecular weight is 199 g/mol. The van der Waals surface area contributed by atoms with Gasteiger partial charge in [-0.05, 0) is 29.1 Å². The number of hydrogen-bond acceptors (Lipinski definition) is 2. The second kappa shape index (κ2) is 2.73. The zero-order chi connectivity index (χ0) is 10.4. The highest BCUT2D eigenvalue weighted by molar-refractivity contribution is 6.06. The van der Waals surface area contributed by atoms with Crippen LogP contribution in [0.4, 0.5) is 5.69 Å². The molecule has 15 heavy (non-hydrogen) atoms. The molecule has 0 unspecified atom stereocenters. The summed E-state index contributed by atoms with van der Waals surface area (Å²) in [6.45, 7) is 0. The van der Waals surface area contributed by atoms with E-state index in [1.165, 1.54) is 0 Å². The predicted octanol–water partition coefficient (Wildman–Crippen LogP) is 2.04. The Labute approximate surface area is 86.3 Å². The van der Waals surface area contributed by atoms with Crippen molar-refractivity contribution in [3.63, 3.8) is 0 Å². The minimum atomic E-state index is 0.0147. The number of benzene rings is 2. The fourth-order valence-corrected chi connectivity index (χ4v) is 2.07. The van der Waals surface area contributed by atoms with Gasteiger partial charge in [-0.15, -0.1) is 0 Å². The highest BCUT2D eigenvalue weighted by atomic mass is 16.3. The van der Waals surface area contributed by atoms with E-state index in [1.807, 2.05) is 18.2 Å². The Hall–Kier alpha value is -2.03. The van der Waals surface area contributed by atoms with Crippen LogP contribution in [0.3, 0.4) is 0 Å². The lowest BCUT2D eigenvalue weighted by atomic mass is 10.0. The number of phenols is 1. The molecule has 2 N–H and O–H groups in total. The van der Waals surface area contributed by atoms with E-state index in [-0.39, 0.29) is 11.7 Å². The van der Waals surface area contributed by atoms with Crippen LogP contribution in [0.25, 0.3) is 10.8 Å². The van der Waals surface area contributed by atoms with Crippen molar-refractivity contribution in [2.75, 3.05) is 5.32 Å². The van der Waals surface area contributed by atoms with Gasteiger partial charge in [0, 0.05) is 11.1 Å². The van der Waals surface area contributed by atoms with Gasteiger partial charge in [0.05, 0.1) is 6.42 Å². The molecule has 3 nitrogen and oxygen atoms in total. The summed E-state index contributed by atoms with van der Waals surface area (Å²) >= 11 is 0. The van der Waals surface area contributed by atoms with Crippen molar-refractivity contribution in [1.29, 1.82) is 0 Å². The van der Waals surface area contributed by atoms with Crippen LogP contribution in [0.1, 0.15) is 5.56 Å². The lowest BCUT2D eigenvalue weighted by molar-refractivity contribution is -0.115. The second-order valence-electron chi connectivity index (χ2n) is 3.69. The van der Waals surface area contributed by atoms with Gasteiger partial charge >= 0.3 is 0 Å². The topological polar surface area (TPSA) is 49.3 Å². The third kappa shape index (κ3) is 1.09. The van der Waals surface area contributed by atoms with Crippen LogP contribution in [0.2, 0.25) is 0 Å². The molecule has 0 saturated carbocycles. The van der Waals surface area contributed by atoms with Crippen molar-refractivity contribution in [2.24, 2.45) is 0 Å². The zero-order valence-corrected chi connectivity index (χ0v) is 7.95. The summed E-state index contributed by atoms with van der Waals surface area (Å²) in [5.74, 6) is 0.274. The summed E-state index contributed by atoms with van der Waals surface area (Å²) in [5, 5.41) is 14.2. The van der Waals surface area contributed by atoms with Crippen molar-refractivity contribution in [3.8, 4) is 5.75 Å². The maximum Gasteiger partial charge on any atom is 0.228 e. The van der Waals surface area contributed by atoms with Gasteiger partial charge in [-0.2, -0.15) is 0 Å². The van der Waals surface area contributed by atoms with Gasteiger partial charge < -0.3 is 10.4 Å². The number of rotatable bonds is 0. The Bertz CT molecular complexity index is 575. The van der Waals surface area contributed by atoms with E-state index in [0.29, 0.717) is 6.42 Å². The molecule has 1 heterocycles. The van der Waals surface area contributed by atoms with Gasteiger partial charge in [0.2, 0.25) is 5.91 Å². The van der Waals surface area contributed by atoms with Crippen molar-refractivity contribution in [1.82, 2.24) is 0 Å². The largest absolute Gasteiger partial charge is 0.507 e. The van der Waals surface area contributed by atoms with E-state index in [9.17, 15) is 9.90 Å². The fraction of sp³-hybridized carbons (Fsp3) is 0.0833. The monoisotopic (exact) mass is 199 g/mol. The Balaban J connectivity index is 2.40. The third-order valence-electron chi connectivity index (χ3n) is 2.76. The minimum Gasteiger partial charge on any atom is -0.507 e. The highest BCUT2D eigenvalue weighted by Crippen LogP contribution is 2.34. The molecule has 2 aromatic rings. The summed E-state index contributed by atoms with van der Waals surface area (Å²) in [5.41, 5.74) is 1.84. The first kappa shape index (κ1) is 8.29. The smallest absolute Gasteiger partial charge is 0.228 e. The van der Waals surface area contributed by atoms with Crippen LogP contribution in [0.5, 0.6) is 5.75 Å². The molecule has 0 spiro atoms. The maximum atomic E-state index is 11.3. The average Bonchev–Trinajstić information content (AvgIpc) is 2.59. The van der Waals surface area contributed by atoms with E-state index < -0.39 is 0 Å². The number of nitrogens with one attached hydrogen (secondary N) is 1. The number of aromatic hydroxyl groups is 1. The van der Waals surface area contributed by atoms with Gasteiger partial charge in [-0.1, -0.05) is 12.1 Å². The Morgan fingerprint density at radius 1 is 1.13 bits per heavy atom. The first-order chi connectivity index (χ1) is 7.25. The molecule has 0 fully saturated rings. The molecule has 1 aliphatic heterocycles. The standard InChI is InChI=1S/C12H9NO2/c14-11-3-1-2-7-8(11)4-5-10-9(7)6-12(15)13-10/h1-5,14H,6H2,(H,13,15). The summed E-state index contributed by atoms with van der Waals surface area (Å²) in [7, 11) is 0. The molecule has 1 aliphatic rings. The van der Waals surface area contributed by atoms with Crippen LogP contribution < -0.4 is 5.32 Å². The van der Waals surface area contributed by atoms with Crippen LogP contribution >= 0.6 is 0 Å². The highest BCUT2D eigenvalue weighted by Gasteiger charge is 2.20. The first-order valence-electron chi connectivity index (χ1n) is 4.79. The molecule has 0 radical (unpaired) electrons. The predicted molar refractivity (Wildman–Crippen MR) is 57.9 cm³/mol. The summed E-state index contributed by atoms with van der Waals surface area (Å²) in [6.07, 6.45) is 0.399. The lowest BCUT2D eigenvalue weighted by Gasteiger charge is -2.05. The summed E-state index contributed by atoms with van der Waals surface area (Å²) in [4.78, 5) is 11.3. The van der Waals surface area contributed by atoms with Crippen molar-refractivity contribution in [2.45, 2.75) is 6.42 Å². The molecule has 1 amide bonds. The van der Waals surface area contributed by atoms with Crippen molar-refractivity contribution < 1.29 is 9.90 Å². The van der Waals surface area contributed by atoms with Crippen LogP contribution in [0, 0.1) is 0 Å². The molecule has 2 aromatic carbocycles. The van der Waals surface area contributed by atoms with Gasteiger partial charge in [0.15, 0.2) is 0 Å². The molecule has 0 atom stereocenters. The zero-order valence-electron chi connectivity index (χ0n) is 7.95. The Kier molecular flexibility index (Phi) is 1.51. The number of carbonyl (C=O) groups is 1. The van der Waals surface area contributed by atoms with E-state index >= 15 is 0 Å². The lowest BCUT2D eigenvalue weighted by Crippen LogP contribution is -2.03. The minimum absolute atomic E-state index is 0.0147. The number of fused-ring (bicyclic) bond motifs is 3. The number of anilines is 1. The molecular weight excluding hydrogens is 190 g/mol. The third-order valence-corrected chi connectivity index (χ3v) is 2.76.